The molecule has 1 atom stereocenters. The number of benzene rings is 1. The first-order chi connectivity index (χ1) is 9.97. The van der Waals surface area contributed by atoms with Gasteiger partial charge in [0.05, 0.1) is 5.69 Å². The van der Waals surface area contributed by atoms with Gasteiger partial charge in [0.25, 0.3) is 5.91 Å². The van der Waals surface area contributed by atoms with Crippen LogP contribution in [0.2, 0.25) is 5.02 Å². The predicted molar refractivity (Wildman–Crippen MR) is 90.1 cm³/mol. The van der Waals surface area contributed by atoms with Gasteiger partial charge in [0.1, 0.15) is 4.88 Å². The van der Waals surface area contributed by atoms with Crippen LogP contribution in [0.5, 0.6) is 0 Å². The van der Waals surface area contributed by atoms with Crippen LogP contribution in [0.3, 0.4) is 0 Å². The fourth-order valence-corrected chi connectivity index (χ4v) is 4.28. The lowest BCUT2D eigenvalue weighted by molar-refractivity contribution is 0.0790. The highest BCUT2D eigenvalue weighted by Crippen LogP contribution is 2.37. The molecule has 112 valence electrons. The number of carbonyl (C=O) groups is 1. The van der Waals surface area contributed by atoms with Crippen LogP contribution < -0.4 is 5.73 Å². The van der Waals surface area contributed by atoms with Gasteiger partial charge < -0.3 is 10.6 Å². The molecular formula is C16H19ClN2OS. The maximum atomic E-state index is 12.7. The molecule has 1 aliphatic heterocycles. The minimum atomic E-state index is 0.0629. The van der Waals surface area contributed by atoms with Gasteiger partial charge in [0.2, 0.25) is 0 Å². The molecule has 2 heterocycles. The maximum absolute atomic E-state index is 12.7. The van der Waals surface area contributed by atoms with Gasteiger partial charge in [-0.3, -0.25) is 4.79 Å². The number of likely N-dealkylation sites (tertiary alicyclic amines) is 1. The summed E-state index contributed by atoms with van der Waals surface area (Å²) < 4.78 is 0.975. The van der Waals surface area contributed by atoms with E-state index in [1.807, 2.05) is 23.1 Å². The van der Waals surface area contributed by atoms with E-state index in [1.165, 1.54) is 11.3 Å². The van der Waals surface area contributed by atoms with Crippen molar-refractivity contribution in [1.29, 1.82) is 0 Å². The Morgan fingerprint density at radius 2 is 2.24 bits per heavy atom. The monoisotopic (exact) mass is 322 g/mol. The number of carbonyl (C=O) groups excluding carboxylic acids is 1. The van der Waals surface area contributed by atoms with Crippen molar-refractivity contribution in [1.82, 2.24) is 4.90 Å². The van der Waals surface area contributed by atoms with Crippen LogP contribution in [0, 0.1) is 11.8 Å². The summed E-state index contributed by atoms with van der Waals surface area (Å²) in [5.41, 5.74) is 6.76. The minimum absolute atomic E-state index is 0.0629. The SMILES string of the molecule is CC(C)C1CCN(C(=O)c2sc3cc(Cl)ccc3c2N)C1. The van der Waals surface area contributed by atoms with Crippen LogP contribution in [0.25, 0.3) is 10.1 Å². The summed E-state index contributed by atoms with van der Waals surface area (Å²) >= 11 is 7.45. The lowest BCUT2D eigenvalue weighted by atomic mass is 9.95. The molecule has 0 saturated carbocycles. The van der Waals surface area contributed by atoms with Crippen LogP contribution in [-0.4, -0.2) is 23.9 Å². The molecule has 21 heavy (non-hydrogen) atoms. The molecule has 1 fully saturated rings. The molecule has 1 saturated heterocycles. The van der Waals surface area contributed by atoms with Crippen LogP contribution in [0.15, 0.2) is 18.2 Å². The van der Waals surface area contributed by atoms with Gasteiger partial charge in [-0.05, 0) is 36.5 Å². The summed E-state index contributed by atoms with van der Waals surface area (Å²) in [6.07, 6.45) is 1.08. The first-order valence-electron chi connectivity index (χ1n) is 7.24. The average Bonchev–Trinajstić information content (AvgIpc) is 3.03. The Labute approximate surface area is 133 Å². The van der Waals surface area contributed by atoms with Crippen LogP contribution in [-0.2, 0) is 0 Å². The second-order valence-corrected chi connectivity index (χ2v) is 7.52. The quantitative estimate of drug-likeness (QED) is 0.898. The van der Waals surface area contributed by atoms with Gasteiger partial charge in [-0.25, -0.2) is 0 Å². The zero-order valence-corrected chi connectivity index (χ0v) is 13.8. The minimum Gasteiger partial charge on any atom is -0.397 e. The van der Waals surface area contributed by atoms with Gasteiger partial charge in [0.15, 0.2) is 0 Å². The molecule has 3 rings (SSSR count). The van der Waals surface area contributed by atoms with Crippen molar-refractivity contribution in [3.63, 3.8) is 0 Å². The first-order valence-corrected chi connectivity index (χ1v) is 8.43. The molecule has 5 heteroatoms. The van der Waals surface area contributed by atoms with E-state index in [1.54, 1.807) is 0 Å². The van der Waals surface area contributed by atoms with Crippen LogP contribution >= 0.6 is 22.9 Å². The third-order valence-corrected chi connectivity index (χ3v) is 5.73. The maximum Gasteiger partial charge on any atom is 0.266 e. The molecule has 2 N–H and O–H groups in total. The van der Waals surface area contributed by atoms with Crippen LogP contribution in [0.4, 0.5) is 5.69 Å². The van der Waals surface area contributed by atoms with Crippen molar-refractivity contribution < 1.29 is 4.79 Å². The number of amides is 1. The van der Waals surface area contributed by atoms with Gasteiger partial charge in [-0.2, -0.15) is 0 Å². The largest absolute Gasteiger partial charge is 0.397 e. The van der Waals surface area contributed by atoms with Crippen LogP contribution in [0.1, 0.15) is 29.9 Å². The first kappa shape index (κ1) is 14.7. The van der Waals surface area contributed by atoms with Gasteiger partial charge in [-0.1, -0.05) is 25.4 Å². The Morgan fingerprint density at radius 1 is 1.48 bits per heavy atom. The average molecular weight is 323 g/mol. The van der Waals surface area contributed by atoms with Crippen molar-refractivity contribution in [2.45, 2.75) is 20.3 Å². The fourth-order valence-electron chi connectivity index (χ4n) is 2.91. The van der Waals surface area contributed by atoms with E-state index in [4.69, 9.17) is 17.3 Å². The molecular weight excluding hydrogens is 304 g/mol. The molecule has 1 aromatic carbocycles. The summed E-state index contributed by atoms with van der Waals surface area (Å²) in [6.45, 7) is 6.10. The van der Waals surface area contributed by atoms with E-state index < -0.39 is 0 Å². The Kier molecular flexibility index (Phi) is 3.84. The molecule has 1 amide bonds. The van der Waals surface area contributed by atoms with E-state index in [9.17, 15) is 4.79 Å². The smallest absolute Gasteiger partial charge is 0.266 e. The number of fused-ring (bicyclic) bond motifs is 1. The highest BCUT2D eigenvalue weighted by Gasteiger charge is 2.30. The molecule has 0 radical (unpaired) electrons. The van der Waals surface area contributed by atoms with Crippen molar-refractivity contribution in [3.05, 3.63) is 28.1 Å². The zero-order valence-electron chi connectivity index (χ0n) is 12.2. The predicted octanol–water partition coefficient (Wildman–Crippen LogP) is 4.26. The summed E-state index contributed by atoms with van der Waals surface area (Å²) in [6, 6.07) is 5.57. The number of nitrogens with two attached hydrogens (primary N) is 1. The Hall–Kier alpha value is -1.26. The van der Waals surface area contributed by atoms with Gasteiger partial charge >= 0.3 is 0 Å². The Bertz CT molecular complexity index is 695. The van der Waals surface area contributed by atoms with Crippen molar-refractivity contribution >= 4 is 44.6 Å². The molecule has 1 aliphatic rings. The number of hydrogen-bond donors (Lipinski definition) is 1. The summed E-state index contributed by atoms with van der Waals surface area (Å²) in [7, 11) is 0. The molecule has 0 bridgehead atoms. The summed E-state index contributed by atoms with van der Waals surface area (Å²) in [5.74, 6) is 1.27. The van der Waals surface area contributed by atoms with E-state index >= 15 is 0 Å². The lowest BCUT2D eigenvalue weighted by Gasteiger charge is -2.17. The molecule has 1 aromatic heterocycles. The van der Waals surface area contributed by atoms with E-state index in [2.05, 4.69) is 13.8 Å². The summed E-state index contributed by atoms with van der Waals surface area (Å²) in [4.78, 5) is 15.3. The van der Waals surface area contributed by atoms with Crippen molar-refractivity contribution in [2.75, 3.05) is 18.8 Å². The number of halogens is 1. The number of nitrogens with zero attached hydrogens (tertiary/aromatic N) is 1. The van der Waals surface area contributed by atoms with Crippen molar-refractivity contribution in [2.24, 2.45) is 11.8 Å². The van der Waals surface area contributed by atoms with E-state index in [0.717, 1.165) is 29.6 Å². The Morgan fingerprint density at radius 3 is 2.90 bits per heavy atom. The molecule has 1 unspecified atom stereocenters. The molecule has 3 nitrogen and oxygen atoms in total. The Balaban J connectivity index is 1.90. The number of thiophene rings is 1. The second-order valence-electron chi connectivity index (χ2n) is 6.03. The molecule has 0 spiro atoms. The van der Waals surface area contributed by atoms with E-state index in [0.29, 0.717) is 27.4 Å². The number of nitrogen functional groups attached to an aromatic ring is 1. The lowest BCUT2D eigenvalue weighted by Crippen LogP contribution is -2.29. The highest BCUT2D eigenvalue weighted by atomic mass is 35.5. The fraction of sp³-hybridized carbons (Fsp3) is 0.438. The second kappa shape index (κ2) is 5.50. The standard InChI is InChI=1S/C16H19ClN2OS/c1-9(2)10-5-6-19(8-10)16(20)15-14(18)12-4-3-11(17)7-13(12)21-15/h3-4,7,9-10H,5-6,8,18H2,1-2H3. The van der Waals surface area contributed by atoms with Crippen molar-refractivity contribution in [3.8, 4) is 0 Å². The molecule has 0 aliphatic carbocycles. The topological polar surface area (TPSA) is 46.3 Å². The summed E-state index contributed by atoms with van der Waals surface area (Å²) in [5, 5.41) is 1.59. The number of rotatable bonds is 2. The highest BCUT2D eigenvalue weighted by molar-refractivity contribution is 7.21. The van der Waals surface area contributed by atoms with Gasteiger partial charge in [0, 0.05) is 28.2 Å². The zero-order chi connectivity index (χ0) is 15.1. The number of hydrogen-bond acceptors (Lipinski definition) is 3. The normalized spacial score (nSPS) is 18.9. The third-order valence-electron chi connectivity index (χ3n) is 4.34. The van der Waals surface area contributed by atoms with Gasteiger partial charge in [-0.15, -0.1) is 11.3 Å². The molecule has 2 aromatic rings. The third kappa shape index (κ3) is 2.62. The number of anilines is 1. The van der Waals surface area contributed by atoms with E-state index in [-0.39, 0.29) is 5.91 Å².